The Hall–Kier alpha value is -2.24. The van der Waals surface area contributed by atoms with Crippen LogP contribution in [0.2, 0.25) is 0 Å². The summed E-state index contributed by atoms with van der Waals surface area (Å²) in [6.45, 7) is 10.9. The van der Waals surface area contributed by atoms with Crippen molar-refractivity contribution in [3.63, 3.8) is 0 Å². The molecule has 3 radical (unpaired) electrons. The molecule has 54 heavy (non-hydrogen) atoms. The van der Waals surface area contributed by atoms with Gasteiger partial charge in [0.1, 0.15) is 6.29 Å². The van der Waals surface area contributed by atoms with E-state index in [1.54, 1.807) is 6.92 Å². The fourth-order valence-corrected chi connectivity index (χ4v) is 5.35. The Morgan fingerprint density at radius 1 is 0.833 bits per heavy atom. The molecule has 0 aromatic heterocycles. The third-order valence-electron chi connectivity index (χ3n) is 7.79. The van der Waals surface area contributed by atoms with Crippen LogP contribution in [0.25, 0.3) is 0 Å². The first-order valence-electron chi connectivity index (χ1n) is 18.9. The van der Waals surface area contributed by atoms with Gasteiger partial charge in [-0.3, -0.25) is 19.7 Å². The van der Waals surface area contributed by atoms with Gasteiger partial charge in [-0.05, 0) is 57.9 Å². The van der Waals surface area contributed by atoms with E-state index in [0.29, 0.717) is 12.5 Å². The van der Waals surface area contributed by atoms with E-state index >= 15 is 0 Å². The van der Waals surface area contributed by atoms with Crippen LogP contribution in [0.1, 0.15) is 118 Å². The van der Waals surface area contributed by atoms with Gasteiger partial charge in [0.05, 0.1) is 11.4 Å². The molecule has 4 N–H and O–H groups in total. The van der Waals surface area contributed by atoms with Crippen LogP contribution in [-0.2, 0) is 33.6 Å². The molecule has 0 amide bonds. The number of aliphatic hydroxyl groups excluding tert-OH is 3. The van der Waals surface area contributed by atoms with E-state index in [1.165, 1.54) is 70.5 Å². The van der Waals surface area contributed by atoms with Crippen LogP contribution in [0.4, 0.5) is 0 Å². The molecule has 0 aromatic rings. The molecule has 2 saturated carbocycles. The number of hydrogen-bond donors (Lipinski definition) is 4. The zero-order valence-electron chi connectivity index (χ0n) is 33.7. The van der Waals surface area contributed by atoms with Gasteiger partial charge in [0.15, 0.2) is 0 Å². The first-order valence-corrected chi connectivity index (χ1v) is 18.9. The SMILES string of the molecule is CC(=O)OOC(C)=O.CCO.O=CC1CCCCC1.OCCCN(CC1=CCC=N1)CC1CCCCC1.OCCCNCC1=CCC=N1.[B-]OC(C)=O.[Na+]. The first-order chi connectivity index (χ1) is 25.6. The van der Waals surface area contributed by atoms with Crippen molar-refractivity contribution in [1.82, 2.24) is 10.2 Å². The van der Waals surface area contributed by atoms with Crippen LogP contribution in [0.15, 0.2) is 33.5 Å². The quantitative estimate of drug-likeness (QED) is 0.0691. The molecular weight excluding hydrogens is 706 g/mol. The van der Waals surface area contributed by atoms with Gasteiger partial charge in [-0.25, -0.2) is 19.4 Å². The van der Waals surface area contributed by atoms with Crippen molar-refractivity contribution in [2.24, 2.45) is 21.8 Å². The Morgan fingerprint density at radius 2 is 1.31 bits per heavy atom. The smallest absolute Gasteiger partial charge is 0.793 e. The summed E-state index contributed by atoms with van der Waals surface area (Å²) in [6.07, 6.45) is 26.1. The summed E-state index contributed by atoms with van der Waals surface area (Å²) in [7, 11) is 4.32. The molecule has 14 nitrogen and oxygen atoms in total. The molecule has 2 aliphatic heterocycles. The Kier molecular flexibility index (Phi) is 43.5. The largest absolute Gasteiger partial charge is 1.00 e. The van der Waals surface area contributed by atoms with Crippen molar-refractivity contribution < 1.29 is 78.5 Å². The molecule has 0 aromatic carbocycles. The molecule has 4 rings (SSSR count). The predicted octanol–water partition coefficient (Wildman–Crippen LogP) is 1.36. The van der Waals surface area contributed by atoms with Crippen LogP contribution in [-0.4, -0.2) is 117 Å². The molecule has 16 heteroatoms. The topological polar surface area (TPSA) is 197 Å². The van der Waals surface area contributed by atoms with Crippen molar-refractivity contribution in [1.29, 1.82) is 0 Å². The standard InChI is InChI=1S/C15H26N2O.C8H14N2O.C7H12O.C4H6O4.C2H3BO2.C2H6O.Na/c18-11-5-10-17(13-15-8-4-9-16-15)12-14-6-2-1-3-7-14;11-6-2-4-9-7-8-3-1-5-10-8;8-6-7-4-2-1-3-5-7;1-3(5)7-8-4(2)6;1-2(4)5-3;1-2-3;/h8-9,14,18H,1-7,10-13H2;3,5,9,11H,1-2,4,6-7H2;6-7H,1-5H2;1-2H3;1H3;3H,2H2,1H3;/q;;;;-1;;+1. The molecular formula is C38H67BN4NaO10. The number of nitrogens with zero attached hydrogens (tertiary/aromatic N) is 3. The van der Waals surface area contributed by atoms with Gasteiger partial charge in [-0.2, -0.15) is 0 Å². The second-order valence-electron chi connectivity index (χ2n) is 12.7. The molecule has 0 unspecified atom stereocenters. The molecule has 4 aliphatic rings. The third-order valence-corrected chi connectivity index (χ3v) is 7.79. The normalized spacial score (nSPS) is 15.6. The maximum atomic E-state index is 10.2. The van der Waals surface area contributed by atoms with E-state index < -0.39 is 17.9 Å². The number of rotatable bonds is 13. The Morgan fingerprint density at radius 3 is 1.70 bits per heavy atom. The number of allylic oxidation sites excluding steroid dienone is 2. The van der Waals surface area contributed by atoms with Crippen LogP contribution in [0, 0.1) is 11.8 Å². The number of nitrogens with one attached hydrogen (secondary N) is 1. The number of aliphatic hydroxyl groups is 3. The van der Waals surface area contributed by atoms with E-state index in [0.717, 1.165) is 96.5 Å². The molecule has 2 heterocycles. The second kappa shape index (κ2) is 41.9. The minimum absolute atomic E-state index is 0. The number of carbonyl (C=O) groups excluding carboxylic acids is 4. The maximum absolute atomic E-state index is 10.2. The molecule has 0 atom stereocenters. The molecule has 0 spiro atoms. The summed E-state index contributed by atoms with van der Waals surface area (Å²) < 4.78 is 3.61. The van der Waals surface area contributed by atoms with Gasteiger partial charge < -0.3 is 38.1 Å². The van der Waals surface area contributed by atoms with Crippen LogP contribution in [0.5, 0.6) is 0 Å². The van der Waals surface area contributed by atoms with Gasteiger partial charge >= 0.3 is 41.5 Å². The van der Waals surface area contributed by atoms with E-state index in [9.17, 15) is 19.2 Å². The summed E-state index contributed by atoms with van der Waals surface area (Å²) in [5.74, 6) is -0.474. The number of aldehydes is 1. The van der Waals surface area contributed by atoms with Crippen molar-refractivity contribution in [2.45, 2.75) is 118 Å². The Balaban J connectivity index is -0.000000628. The van der Waals surface area contributed by atoms with Gasteiger partial charge in [-0.1, -0.05) is 50.7 Å². The van der Waals surface area contributed by atoms with Gasteiger partial charge in [0.25, 0.3) is 0 Å². The first kappa shape index (κ1) is 56.1. The molecule has 0 saturated heterocycles. The van der Waals surface area contributed by atoms with Crippen molar-refractivity contribution in [3.05, 3.63) is 23.5 Å². The monoisotopic (exact) mass is 773 g/mol. The molecule has 2 aliphatic carbocycles. The van der Waals surface area contributed by atoms with E-state index in [4.69, 9.17) is 15.3 Å². The van der Waals surface area contributed by atoms with Gasteiger partial charge in [0.2, 0.25) is 5.97 Å². The summed E-state index contributed by atoms with van der Waals surface area (Å²) in [5, 5.41) is 28.2. The van der Waals surface area contributed by atoms with Crippen LogP contribution < -0.4 is 34.9 Å². The zero-order chi connectivity index (χ0) is 40.0. The van der Waals surface area contributed by atoms with E-state index in [2.05, 4.69) is 54.8 Å². The minimum atomic E-state index is -0.639. The van der Waals surface area contributed by atoms with Crippen LogP contribution >= 0.6 is 0 Å². The molecule has 303 valence electrons. The fourth-order valence-electron chi connectivity index (χ4n) is 5.35. The van der Waals surface area contributed by atoms with Crippen LogP contribution in [0.3, 0.4) is 0 Å². The van der Waals surface area contributed by atoms with Gasteiger partial charge in [-0.15, -0.1) is 0 Å². The summed E-state index contributed by atoms with van der Waals surface area (Å²) in [5.41, 5.74) is 2.33. The maximum Gasteiger partial charge on any atom is 1.00 e. The minimum Gasteiger partial charge on any atom is -0.793 e. The zero-order valence-corrected chi connectivity index (χ0v) is 35.7. The molecule has 0 bridgehead atoms. The Labute approximate surface area is 347 Å². The van der Waals surface area contributed by atoms with Gasteiger partial charge in [0, 0.05) is 98.0 Å². The third kappa shape index (κ3) is 39.5. The average Bonchev–Trinajstić information content (AvgIpc) is 3.89. The summed E-state index contributed by atoms with van der Waals surface area (Å²) >= 11 is 0. The van der Waals surface area contributed by atoms with E-state index in [-0.39, 0.29) is 42.8 Å². The predicted molar refractivity (Wildman–Crippen MR) is 208 cm³/mol. The Bertz CT molecular complexity index is 1050. The van der Waals surface area contributed by atoms with Crippen molar-refractivity contribution in [3.8, 4) is 0 Å². The number of carbonyl (C=O) groups is 4. The number of hydrogen-bond acceptors (Lipinski definition) is 14. The van der Waals surface area contributed by atoms with E-state index in [1.807, 2.05) is 12.4 Å². The average molecular weight is 774 g/mol. The summed E-state index contributed by atoms with van der Waals surface area (Å²) in [4.78, 5) is 58.0. The molecule has 2 fully saturated rings. The number of aliphatic imine (C=N–C) groups is 2. The second-order valence-corrected chi connectivity index (χ2v) is 12.7. The summed E-state index contributed by atoms with van der Waals surface area (Å²) in [6, 6.07) is 0. The fraction of sp³-hybridized carbons (Fsp3) is 0.737. The van der Waals surface area contributed by atoms with Crippen molar-refractivity contribution >= 4 is 44.7 Å². The van der Waals surface area contributed by atoms with Crippen molar-refractivity contribution in [2.75, 3.05) is 52.5 Å².